The van der Waals surface area contributed by atoms with Crippen LogP contribution in [0.2, 0.25) is 0 Å². The van der Waals surface area contributed by atoms with Crippen LogP contribution in [0.25, 0.3) is 0 Å². The van der Waals surface area contributed by atoms with Gasteiger partial charge in [-0.25, -0.2) is 0 Å². The van der Waals surface area contributed by atoms with Gasteiger partial charge in [0, 0.05) is 12.8 Å². The van der Waals surface area contributed by atoms with Gasteiger partial charge in [0.1, 0.15) is 19.8 Å². The molecule has 0 radical (unpaired) electrons. The Bertz CT molecular complexity index is 1730. The molecule has 10 heteroatoms. The monoisotopic (exact) mass is 1060 g/mol. The van der Waals surface area contributed by atoms with Crippen LogP contribution in [0, 0.1) is 0 Å². The van der Waals surface area contributed by atoms with E-state index in [1.165, 1.54) is 70.6 Å². The van der Waals surface area contributed by atoms with Gasteiger partial charge in [0.2, 0.25) is 0 Å². The molecule has 0 aliphatic heterocycles. The molecule has 426 valence electrons. The first-order valence-electron chi connectivity index (χ1n) is 29.4. The van der Waals surface area contributed by atoms with Crippen molar-refractivity contribution >= 4 is 19.8 Å². The average molecular weight is 1060 g/mol. The minimum Gasteiger partial charge on any atom is -0.756 e. The maximum absolute atomic E-state index is 12.8. The van der Waals surface area contributed by atoms with Gasteiger partial charge in [-0.3, -0.25) is 14.2 Å². The lowest BCUT2D eigenvalue weighted by Crippen LogP contribution is -2.37. The minimum atomic E-state index is -4.65. The standard InChI is InChI=1S/C65H108NO8P/c1-6-8-10-12-14-16-18-20-22-23-24-25-26-27-28-29-30-31-32-33-34-35-36-37-38-39-40-41-42-43-44-46-48-50-52-54-56-58-65(68)74-63(62-73-75(69,70)72-60-59-66(3,4)5)61-71-64(67)57-55-53-51-49-47-45-21-19-17-15-13-11-9-7-2/h8,10,14,16,20,22,24-25,27-28,30-31,33-34,36-37,39-40,42-43,46,48,63H,6-7,9,11-13,15,17-19,21,23,26,29,32,35,38,41,44-45,47,49-62H2,1-5H3/b10-8-,16-14-,22-20-,25-24-,28-27-,31-30-,34-33-,37-36-,40-39-,43-42-,48-46-. The first kappa shape index (κ1) is 71.2. The second-order valence-corrected chi connectivity index (χ2v) is 21.7. The third-order valence-electron chi connectivity index (χ3n) is 11.9. The van der Waals surface area contributed by atoms with Crippen LogP contribution < -0.4 is 4.89 Å². The maximum atomic E-state index is 12.8. The van der Waals surface area contributed by atoms with E-state index in [2.05, 4.69) is 148 Å². The van der Waals surface area contributed by atoms with Crippen molar-refractivity contribution in [2.75, 3.05) is 47.5 Å². The van der Waals surface area contributed by atoms with E-state index in [1.807, 2.05) is 21.1 Å². The fraction of sp³-hybridized carbons (Fsp3) is 0.631. The van der Waals surface area contributed by atoms with Crippen LogP contribution in [0.1, 0.15) is 213 Å². The number of hydrogen-bond acceptors (Lipinski definition) is 8. The second-order valence-electron chi connectivity index (χ2n) is 20.3. The van der Waals surface area contributed by atoms with Gasteiger partial charge >= 0.3 is 11.9 Å². The van der Waals surface area contributed by atoms with E-state index in [0.29, 0.717) is 17.4 Å². The zero-order valence-corrected chi connectivity index (χ0v) is 49.1. The number of esters is 2. The summed E-state index contributed by atoms with van der Waals surface area (Å²) in [4.78, 5) is 37.8. The number of allylic oxidation sites excluding steroid dienone is 22. The molecule has 0 amide bonds. The van der Waals surface area contributed by atoms with Gasteiger partial charge in [-0.1, -0.05) is 237 Å². The minimum absolute atomic E-state index is 0.0434. The number of hydrogen-bond donors (Lipinski definition) is 0. The van der Waals surface area contributed by atoms with Gasteiger partial charge in [0.05, 0.1) is 27.7 Å². The van der Waals surface area contributed by atoms with Gasteiger partial charge in [-0.2, -0.15) is 0 Å². The molecule has 0 aromatic heterocycles. The van der Waals surface area contributed by atoms with Crippen LogP contribution in [0.15, 0.2) is 134 Å². The molecule has 0 N–H and O–H groups in total. The number of phosphoric ester groups is 1. The Morgan fingerprint density at radius 2 is 0.760 bits per heavy atom. The average Bonchev–Trinajstić information content (AvgIpc) is 3.37. The van der Waals surface area contributed by atoms with Crippen molar-refractivity contribution in [3.05, 3.63) is 134 Å². The largest absolute Gasteiger partial charge is 0.756 e. The summed E-state index contributed by atoms with van der Waals surface area (Å²) in [5.74, 6) is -0.878. The highest BCUT2D eigenvalue weighted by Crippen LogP contribution is 2.38. The van der Waals surface area contributed by atoms with Crippen molar-refractivity contribution in [3.63, 3.8) is 0 Å². The number of carbonyl (C=O) groups excluding carboxylic acids is 2. The highest BCUT2D eigenvalue weighted by atomic mass is 31.2. The third-order valence-corrected chi connectivity index (χ3v) is 12.9. The Kier molecular flexibility index (Phi) is 52.1. The predicted molar refractivity (Wildman–Crippen MR) is 318 cm³/mol. The molecule has 0 bridgehead atoms. The number of carbonyl (C=O) groups is 2. The molecule has 0 spiro atoms. The van der Waals surface area contributed by atoms with Crippen molar-refractivity contribution in [3.8, 4) is 0 Å². The van der Waals surface area contributed by atoms with E-state index in [1.54, 1.807) is 0 Å². The lowest BCUT2D eigenvalue weighted by Gasteiger charge is -2.28. The maximum Gasteiger partial charge on any atom is 0.306 e. The summed E-state index contributed by atoms with van der Waals surface area (Å²) in [7, 11) is 1.13. The lowest BCUT2D eigenvalue weighted by atomic mass is 10.0. The van der Waals surface area contributed by atoms with E-state index in [4.69, 9.17) is 18.5 Å². The lowest BCUT2D eigenvalue weighted by molar-refractivity contribution is -0.870. The van der Waals surface area contributed by atoms with E-state index in [9.17, 15) is 19.0 Å². The molecule has 0 aliphatic carbocycles. The number of likely N-dealkylation sites (N-methyl/N-ethyl adjacent to an activating group) is 1. The third kappa shape index (κ3) is 59.3. The van der Waals surface area contributed by atoms with Gasteiger partial charge in [0.25, 0.3) is 7.82 Å². The van der Waals surface area contributed by atoms with E-state index in [-0.39, 0.29) is 26.1 Å². The van der Waals surface area contributed by atoms with Gasteiger partial charge in [-0.05, 0) is 96.3 Å². The van der Waals surface area contributed by atoms with E-state index < -0.39 is 32.5 Å². The summed E-state index contributed by atoms with van der Waals surface area (Å²) in [6.45, 7) is 4.07. The molecule has 2 unspecified atom stereocenters. The first-order valence-corrected chi connectivity index (χ1v) is 30.9. The first-order chi connectivity index (χ1) is 36.5. The van der Waals surface area contributed by atoms with E-state index in [0.717, 1.165) is 109 Å². The molecule has 0 heterocycles. The summed E-state index contributed by atoms with van der Waals surface area (Å²) in [5, 5.41) is 0. The molecule has 0 rings (SSSR count). The summed E-state index contributed by atoms with van der Waals surface area (Å²) in [6, 6.07) is 0. The smallest absolute Gasteiger partial charge is 0.306 e. The summed E-state index contributed by atoms with van der Waals surface area (Å²) >= 11 is 0. The van der Waals surface area contributed by atoms with Crippen LogP contribution in [0.3, 0.4) is 0 Å². The molecule has 0 aromatic rings. The van der Waals surface area contributed by atoms with E-state index >= 15 is 0 Å². The van der Waals surface area contributed by atoms with Crippen molar-refractivity contribution in [2.45, 2.75) is 219 Å². The second kappa shape index (κ2) is 54.9. The fourth-order valence-corrected chi connectivity index (χ4v) is 8.15. The van der Waals surface area contributed by atoms with Crippen molar-refractivity contribution in [2.24, 2.45) is 0 Å². The van der Waals surface area contributed by atoms with Crippen LogP contribution in [-0.2, 0) is 32.7 Å². The van der Waals surface area contributed by atoms with Gasteiger partial charge in [-0.15, -0.1) is 0 Å². The van der Waals surface area contributed by atoms with Crippen molar-refractivity contribution in [1.29, 1.82) is 0 Å². The zero-order chi connectivity index (χ0) is 54.9. The van der Waals surface area contributed by atoms with Crippen LogP contribution >= 0.6 is 7.82 Å². The van der Waals surface area contributed by atoms with Crippen LogP contribution in [0.5, 0.6) is 0 Å². The Morgan fingerprint density at radius 1 is 0.427 bits per heavy atom. The summed E-state index contributed by atoms with van der Waals surface area (Å²) in [6.07, 6.45) is 79.3. The Hall–Kier alpha value is -3.85. The summed E-state index contributed by atoms with van der Waals surface area (Å²) in [5.41, 5.74) is 0. The van der Waals surface area contributed by atoms with Crippen molar-refractivity contribution < 1.29 is 42.1 Å². The quantitative estimate of drug-likeness (QED) is 0.0195. The summed E-state index contributed by atoms with van der Waals surface area (Å²) < 4.78 is 34.0. The normalized spacial score (nSPS) is 14.3. The number of quaternary nitrogens is 1. The van der Waals surface area contributed by atoms with Crippen LogP contribution in [0.4, 0.5) is 0 Å². The molecule has 9 nitrogen and oxygen atoms in total. The SMILES string of the molecule is CC/C=C\C/C=C\C/C=C\C/C=C\C/C=C\C/C=C\C/C=C\C/C=C\C/C=C\C/C=C\C/C=C\CCCCCC(=O)OC(COC(=O)CCCCCCCCCCCCCCCC)COP(=O)([O-])OCC[N+](C)(C)C. The molecule has 0 saturated heterocycles. The number of phosphoric acid groups is 1. The predicted octanol–water partition coefficient (Wildman–Crippen LogP) is 17.9. The Balaban J connectivity index is 4.23. The fourth-order valence-electron chi connectivity index (χ4n) is 7.42. The molecule has 0 aliphatic rings. The number of unbranched alkanes of at least 4 members (excludes halogenated alkanes) is 16. The highest BCUT2D eigenvalue weighted by Gasteiger charge is 2.21. The van der Waals surface area contributed by atoms with Crippen LogP contribution in [-0.4, -0.2) is 70.0 Å². The topological polar surface area (TPSA) is 111 Å². The molecule has 0 aromatic carbocycles. The number of rotatable bonds is 52. The molecule has 2 atom stereocenters. The zero-order valence-electron chi connectivity index (χ0n) is 48.2. The Labute approximate surface area is 460 Å². The molecule has 0 saturated carbocycles. The van der Waals surface area contributed by atoms with Gasteiger partial charge < -0.3 is 27.9 Å². The highest BCUT2D eigenvalue weighted by molar-refractivity contribution is 7.45. The molecule has 0 fully saturated rings. The molecular weight excluding hydrogens is 954 g/mol. The number of nitrogens with zero attached hydrogens (tertiary/aromatic N) is 1. The molecular formula is C65H108NO8P. The van der Waals surface area contributed by atoms with Gasteiger partial charge in [0.15, 0.2) is 6.10 Å². The Morgan fingerprint density at radius 3 is 1.13 bits per heavy atom. The van der Waals surface area contributed by atoms with Crippen molar-refractivity contribution in [1.82, 2.24) is 0 Å². The molecule has 75 heavy (non-hydrogen) atoms. The number of ether oxygens (including phenoxy) is 2.